The third-order valence-electron chi connectivity index (χ3n) is 2.51. The van der Waals surface area contributed by atoms with Gasteiger partial charge in [-0.2, -0.15) is 4.98 Å². The highest BCUT2D eigenvalue weighted by Gasteiger charge is 2.09. The monoisotopic (exact) mass is 262 g/mol. The summed E-state index contributed by atoms with van der Waals surface area (Å²) in [6.45, 7) is 2.14. The second-order valence-electron chi connectivity index (χ2n) is 4.05. The number of carbonyl (C=O) groups is 1. The second-order valence-corrected chi connectivity index (χ2v) is 4.05. The first kappa shape index (κ1) is 13.1. The molecule has 19 heavy (non-hydrogen) atoms. The van der Waals surface area contributed by atoms with Crippen molar-refractivity contribution < 1.29 is 19.2 Å². The smallest absolute Gasteiger partial charge is 0.303 e. The van der Waals surface area contributed by atoms with E-state index >= 15 is 0 Å². The molecule has 0 atom stereocenters. The number of hydrogen-bond donors (Lipinski definition) is 1. The standard InChI is InChI=1S/C13H14N2O4/c1-9-4-2-3-5-10(9)18-8-11-14-12(19-15-11)6-7-13(16)17/h2-5H,6-8H2,1H3,(H,16,17). The minimum absolute atomic E-state index is 0.0275. The first-order valence-electron chi connectivity index (χ1n) is 5.87. The van der Waals surface area contributed by atoms with Crippen LogP contribution in [0.2, 0.25) is 0 Å². The summed E-state index contributed by atoms with van der Waals surface area (Å²) in [7, 11) is 0. The van der Waals surface area contributed by atoms with Crippen molar-refractivity contribution in [2.24, 2.45) is 0 Å². The van der Waals surface area contributed by atoms with Gasteiger partial charge in [-0.25, -0.2) is 0 Å². The van der Waals surface area contributed by atoms with Crippen LogP contribution < -0.4 is 4.74 Å². The summed E-state index contributed by atoms with van der Waals surface area (Å²) in [5.74, 6) is 0.588. The Morgan fingerprint density at radius 2 is 2.21 bits per heavy atom. The van der Waals surface area contributed by atoms with Gasteiger partial charge in [-0.1, -0.05) is 23.4 Å². The molecule has 0 aliphatic rings. The highest BCUT2D eigenvalue weighted by molar-refractivity contribution is 5.66. The fourth-order valence-corrected chi connectivity index (χ4v) is 1.52. The molecular weight excluding hydrogens is 248 g/mol. The summed E-state index contributed by atoms with van der Waals surface area (Å²) in [6.07, 6.45) is 0.201. The van der Waals surface area contributed by atoms with Crippen LogP contribution in [0.1, 0.15) is 23.7 Å². The van der Waals surface area contributed by atoms with E-state index in [0.717, 1.165) is 11.3 Å². The van der Waals surface area contributed by atoms with Gasteiger partial charge in [-0.3, -0.25) is 4.79 Å². The van der Waals surface area contributed by atoms with Crippen LogP contribution in [0.3, 0.4) is 0 Å². The summed E-state index contributed by atoms with van der Waals surface area (Å²) in [5.41, 5.74) is 1.03. The fraction of sp³-hybridized carbons (Fsp3) is 0.308. The Kier molecular flexibility index (Phi) is 4.12. The van der Waals surface area contributed by atoms with Crippen LogP contribution in [0.4, 0.5) is 0 Å². The molecule has 1 aromatic heterocycles. The van der Waals surface area contributed by atoms with Gasteiger partial charge < -0.3 is 14.4 Å². The molecule has 0 bridgehead atoms. The van der Waals surface area contributed by atoms with Gasteiger partial charge in [0.2, 0.25) is 11.7 Å². The third kappa shape index (κ3) is 3.80. The third-order valence-corrected chi connectivity index (χ3v) is 2.51. The number of aryl methyl sites for hydroxylation is 2. The molecule has 1 aromatic carbocycles. The van der Waals surface area contributed by atoms with E-state index in [0.29, 0.717) is 11.7 Å². The van der Waals surface area contributed by atoms with E-state index in [9.17, 15) is 4.79 Å². The molecule has 0 unspecified atom stereocenters. The molecule has 0 aliphatic heterocycles. The zero-order valence-electron chi connectivity index (χ0n) is 10.5. The summed E-state index contributed by atoms with van der Waals surface area (Å²) < 4.78 is 10.5. The van der Waals surface area contributed by atoms with Crippen molar-refractivity contribution >= 4 is 5.97 Å². The van der Waals surface area contributed by atoms with Gasteiger partial charge >= 0.3 is 5.97 Å². The van der Waals surface area contributed by atoms with Gasteiger partial charge in [0.25, 0.3) is 0 Å². The molecule has 6 nitrogen and oxygen atoms in total. The molecule has 0 saturated carbocycles. The number of ether oxygens (including phenoxy) is 1. The van der Waals surface area contributed by atoms with Crippen molar-refractivity contribution in [1.82, 2.24) is 10.1 Å². The van der Waals surface area contributed by atoms with E-state index in [1.54, 1.807) is 0 Å². The molecule has 2 aromatic rings. The van der Waals surface area contributed by atoms with Gasteiger partial charge in [0.15, 0.2) is 6.61 Å². The number of carboxylic acid groups (broad SMARTS) is 1. The van der Waals surface area contributed by atoms with Crippen molar-refractivity contribution in [3.63, 3.8) is 0 Å². The lowest BCUT2D eigenvalue weighted by molar-refractivity contribution is -0.137. The van der Waals surface area contributed by atoms with E-state index in [1.165, 1.54) is 0 Å². The average Bonchev–Trinajstić information content (AvgIpc) is 2.83. The minimum Gasteiger partial charge on any atom is -0.485 e. The topological polar surface area (TPSA) is 85.5 Å². The number of benzene rings is 1. The molecule has 1 heterocycles. The molecular formula is C13H14N2O4. The van der Waals surface area contributed by atoms with Crippen LogP contribution in [0.5, 0.6) is 5.75 Å². The van der Waals surface area contributed by atoms with Crippen molar-refractivity contribution in [3.05, 3.63) is 41.5 Å². The Bertz CT molecular complexity index is 565. The summed E-state index contributed by atoms with van der Waals surface area (Å²) in [4.78, 5) is 14.5. The number of rotatable bonds is 6. The van der Waals surface area contributed by atoms with Gasteiger partial charge in [-0.15, -0.1) is 0 Å². The molecule has 0 aliphatic carbocycles. The molecule has 0 spiro atoms. The van der Waals surface area contributed by atoms with Crippen molar-refractivity contribution in [2.75, 3.05) is 0 Å². The first-order chi connectivity index (χ1) is 9.15. The van der Waals surface area contributed by atoms with Gasteiger partial charge in [0.05, 0.1) is 6.42 Å². The summed E-state index contributed by atoms with van der Waals surface area (Å²) in [6, 6.07) is 7.63. The first-order valence-corrected chi connectivity index (χ1v) is 5.87. The van der Waals surface area contributed by atoms with Crippen LogP contribution in [-0.4, -0.2) is 21.2 Å². The van der Waals surface area contributed by atoms with Crippen LogP contribution in [0, 0.1) is 6.92 Å². The lowest BCUT2D eigenvalue weighted by atomic mass is 10.2. The fourth-order valence-electron chi connectivity index (χ4n) is 1.52. The Labute approximate surface area is 110 Å². The molecule has 0 saturated heterocycles. The molecule has 1 N–H and O–H groups in total. The molecule has 100 valence electrons. The number of nitrogens with zero attached hydrogens (tertiary/aromatic N) is 2. The van der Waals surface area contributed by atoms with E-state index < -0.39 is 5.97 Å². The highest BCUT2D eigenvalue weighted by Crippen LogP contribution is 2.17. The van der Waals surface area contributed by atoms with Gasteiger partial charge in [0.1, 0.15) is 5.75 Å². The Morgan fingerprint density at radius 1 is 1.42 bits per heavy atom. The second kappa shape index (κ2) is 5.99. The van der Waals surface area contributed by atoms with Crippen molar-refractivity contribution in [1.29, 1.82) is 0 Å². The summed E-state index contributed by atoms with van der Waals surface area (Å²) in [5, 5.41) is 12.3. The quantitative estimate of drug-likeness (QED) is 0.856. The number of carboxylic acids is 1. The predicted molar refractivity (Wildman–Crippen MR) is 65.8 cm³/mol. The predicted octanol–water partition coefficient (Wildman–Crippen LogP) is 1.97. The van der Waals surface area contributed by atoms with Crippen molar-refractivity contribution in [2.45, 2.75) is 26.4 Å². The SMILES string of the molecule is Cc1ccccc1OCc1noc(CCC(=O)O)n1. The zero-order chi connectivity index (χ0) is 13.7. The van der Waals surface area contributed by atoms with Gasteiger partial charge in [-0.05, 0) is 18.6 Å². The largest absolute Gasteiger partial charge is 0.485 e. The minimum atomic E-state index is -0.893. The maximum absolute atomic E-state index is 10.4. The maximum Gasteiger partial charge on any atom is 0.303 e. The van der Waals surface area contributed by atoms with Crippen LogP contribution in [0.25, 0.3) is 0 Å². The van der Waals surface area contributed by atoms with E-state index in [2.05, 4.69) is 10.1 Å². The number of para-hydroxylation sites is 1. The van der Waals surface area contributed by atoms with Crippen molar-refractivity contribution in [3.8, 4) is 5.75 Å². The Balaban J connectivity index is 1.90. The molecule has 0 radical (unpaired) electrons. The van der Waals surface area contributed by atoms with E-state index in [1.807, 2.05) is 31.2 Å². The number of aliphatic carboxylic acids is 1. The molecule has 2 rings (SSSR count). The zero-order valence-corrected chi connectivity index (χ0v) is 10.5. The highest BCUT2D eigenvalue weighted by atomic mass is 16.5. The van der Waals surface area contributed by atoms with E-state index in [-0.39, 0.29) is 19.4 Å². The number of hydrogen-bond acceptors (Lipinski definition) is 5. The normalized spacial score (nSPS) is 10.4. The molecule has 0 fully saturated rings. The Hall–Kier alpha value is -2.37. The summed E-state index contributed by atoms with van der Waals surface area (Å²) >= 11 is 0. The van der Waals surface area contributed by atoms with Crippen LogP contribution >= 0.6 is 0 Å². The maximum atomic E-state index is 10.4. The van der Waals surface area contributed by atoms with Crippen LogP contribution in [-0.2, 0) is 17.8 Å². The number of aromatic nitrogens is 2. The molecule has 6 heteroatoms. The lowest BCUT2D eigenvalue weighted by Crippen LogP contribution is -2.00. The van der Waals surface area contributed by atoms with Crippen LogP contribution in [0.15, 0.2) is 28.8 Å². The van der Waals surface area contributed by atoms with Gasteiger partial charge in [0, 0.05) is 6.42 Å². The average molecular weight is 262 g/mol. The molecule has 0 amide bonds. The lowest BCUT2D eigenvalue weighted by Gasteiger charge is -2.05. The van der Waals surface area contributed by atoms with E-state index in [4.69, 9.17) is 14.4 Å². The Morgan fingerprint density at radius 3 is 2.95 bits per heavy atom.